The zero-order chi connectivity index (χ0) is 21.7. The van der Waals surface area contributed by atoms with Crippen molar-refractivity contribution in [3.05, 3.63) is 57.5 Å². The van der Waals surface area contributed by atoms with Gasteiger partial charge in [0.1, 0.15) is 5.75 Å². The Morgan fingerprint density at radius 1 is 1.13 bits per heavy atom. The summed E-state index contributed by atoms with van der Waals surface area (Å²) in [6.45, 7) is -0.279. The molecule has 2 N–H and O–H groups in total. The minimum atomic E-state index is -1.24. The number of amides is 3. The Morgan fingerprint density at radius 3 is 2.37 bits per heavy atom. The fourth-order valence-corrected chi connectivity index (χ4v) is 3.28. The van der Waals surface area contributed by atoms with Crippen molar-refractivity contribution in [2.24, 2.45) is 11.0 Å². The molecule has 0 unspecified atom stereocenters. The molecule has 1 saturated heterocycles. The summed E-state index contributed by atoms with van der Waals surface area (Å²) in [6.07, 6.45) is 1.06. The lowest BCUT2D eigenvalue weighted by molar-refractivity contribution is -0.130. The number of carbonyl (C=O) groups excluding carboxylic acids is 3. The molecule has 1 fully saturated rings. The second kappa shape index (κ2) is 9.92. The van der Waals surface area contributed by atoms with Crippen LogP contribution < -0.4 is 20.4 Å². The van der Waals surface area contributed by atoms with Gasteiger partial charge in [0.25, 0.3) is 11.8 Å². The molecule has 8 nitrogen and oxygen atoms in total. The first-order chi connectivity index (χ1) is 14.3. The zero-order valence-corrected chi connectivity index (χ0v) is 19.2. The van der Waals surface area contributed by atoms with Crippen LogP contribution in [0.25, 0.3) is 0 Å². The van der Waals surface area contributed by atoms with Crippen LogP contribution in [-0.4, -0.2) is 35.7 Å². The highest BCUT2D eigenvalue weighted by atomic mass is 79.9. The van der Waals surface area contributed by atoms with Crippen LogP contribution >= 0.6 is 44.1 Å². The average Bonchev–Trinajstić information content (AvgIpc) is 2.71. The molecule has 1 aliphatic rings. The van der Waals surface area contributed by atoms with Crippen LogP contribution in [0.15, 0.2) is 62.6 Å². The molecule has 0 bridgehead atoms. The number of anilines is 1. The van der Waals surface area contributed by atoms with Gasteiger partial charge in [-0.2, -0.15) is 5.10 Å². The van der Waals surface area contributed by atoms with Gasteiger partial charge in [-0.3, -0.25) is 19.3 Å². The van der Waals surface area contributed by atoms with Crippen molar-refractivity contribution < 1.29 is 19.1 Å². The molecular weight excluding hydrogens is 540 g/mol. The number of benzene rings is 2. The number of thiocarbonyl (C=S) groups is 1. The van der Waals surface area contributed by atoms with Crippen molar-refractivity contribution in [3.63, 3.8) is 0 Å². The van der Waals surface area contributed by atoms with E-state index in [0.29, 0.717) is 11.4 Å². The van der Waals surface area contributed by atoms with Crippen LogP contribution in [0.4, 0.5) is 5.69 Å². The first-order valence-corrected chi connectivity index (χ1v) is 10.5. The molecule has 0 spiro atoms. The highest BCUT2D eigenvalue weighted by molar-refractivity contribution is 9.10. The van der Waals surface area contributed by atoms with Gasteiger partial charge in [0.15, 0.2) is 17.6 Å². The van der Waals surface area contributed by atoms with E-state index in [0.717, 1.165) is 15.2 Å². The standard InChI is InChI=1S/C19H14Br2N4O4S/c20-11-1-5-13(6-2-11)25-18(28)15(17(27)23-19(25)30)9-22-24-16(26)10-29-14-7-3-12(21)4-8-14/h1-9,15H,10H2,(H,24,26)(H,23,27,30)/b22-9-/t15-/m0/s1. The molecule has 3 amide bonds. The Kier molecular flexibility index (Phi) is 7.29. The summed E-state index contributed by atoms with van der Waals surface area (Å²) in [7, 11) is 0. The molecule has 1 heterocycles. The first kappa shape index (κ1) is 22.1. The molecular formula is C19H14Br2N4O4S. The topological polar surface area (TPSA) is 100 Å². The summed E-state index contributed by atoms with van der Waals surface area (Å²) in [6, 6.07) is 13.8. The van der Waals surface area contributed by atoms with E-state index in [1.54, 1.807) is 48.5 Å². The molecule has 0 aromatic heterocycles. The maximum Gasteiger partial charge on any atom is 0.277 e. The maximum absolute atomic E-state index is 12.8. The minimum Gasteiger partial charge on any atom is -0.484 e. The Balaban J connectivity index is 1.60. The number of hydrogen-bond donors (Lipinski definition) is 2. The van der Waals surface area contributed by atoms with Crippen molar-refractivity contribution in [1.82, 2.24) is 10.7 Å². The molecule has 11 heteroatoms. The number of rotatable bonds is 6. The van der Waals surface area contributed by atoms with Gasteiger partial charge in [0.2, 0.25) is 5.91 Å². The maximum atomic E-state index is 12.8. The SMILES string of the molecule is O=C(COc1ccc(Br)cc1)N/N=C\[C@H]1C(=O)NC(=S)N(c2ccc(Br)cc2)C1=O. The monoisotopic (exact) mass is 552 g/mol. The van der Waals surface area contributed by atoms with Crippen LogP contribution in [0.1, 0.15) is 0 Å². The lowest BCUT2D eigenvalue weighted by Gasteiger charge is -2.30. The number of ether oxygens (including phenoxy) is 1. The quantitative estimate of drug-likeness (QED) is 0.248. The van der Waals surface area contributed by atoms with Gasteiger partial charge in [0, 0.05) is 15.2 Å². The van der Waals surface area contributed by atoms with Crippen molar-refractivity contribution >= 4 is 78.8 Å². The Labute approximate surface area is 193 Å². The third-order valence-electron chi connectivity index (χ3n) is 3.88. The number of halogens is 2. The first-order valence-electron chi connectivity index (χ1n) is 8.50. The molecule has 3 rings (SSSR count). The van der Waals surface area contributed by atoms with Crippen LogP contribution in [0.3, 0.4) is 0 Å². The van der Waals surface area contributed by atoms with Gasteiger partial charge in [-0.05, 0) is 60.7 Å². The largest absolute Gasteiger partial charge is 0.484 e. The third-order valence-corrected chi connectivity index (χ3v) is 5.23. The number of hydrogen-bond acceptors (Lipinski definition) is 6. The van der Waals surface area contributed by atoms with E-state index >= 15 is 0 Å². The third kappa shape index (κ3) is 5.49. The van der Waals surface area contributed by atoms with Gasteiger partial charge in [-0.15, -0.1) is 0 Å². The van der Waals surface area contributed by atoms with Gasteiger partial charge < -0.3 is 10.1 Å². The van der Waals surface area contributed by atoms with E-state index in [9.17, 15) is 14.4 Å². The molecule has 0 radical (unpaired) electrons. The predicted octanol–water partition coefficient (Wildman–Crippen LogP) is 2.76. The normalized spacial score (nSPS) is 16.5. The van der Waals surface area contributed by atoms with E-state index in [1.807, 2.05) is 0 Å². The summed E-state index contributed by atoms with van der Waals surface area (Å²) in [5, 5.41) is 6.16. The zero-order valence-electron chi connectivity index (χ0n) is 15.2. The highest BCUT2D eigenvalue weighted by Crippen LogP contribution is 2.22. The average molecular weight is 554 g/mol. The number of nitrogens with one attached hydrogen (secondary N) is 2. The summed E-state index contributed by atoms with van der Waals surface area (Å²) >= 11 is 11.7. The Bertz CT molecular complexity index is 1010. The van der Waals surface area contributed by atoms with Crippen LogP contribution in [-0.2, 0) is 14.4 Å². The summed E-state index contributed by atoms with van der Waals surface area (Å²) in [5.41, 5.74) is 2.73. The van der Waals surface area contributed by atoms with Gasteiger partial charge in [-0.25, -0.2) is 5.43 Å². The Hall–Kier alpha value is -2.63. The van der Waals surface area contributed by atoms with Gasteiger partial charge in [-0.1, -0.05) is 31.9 Å². The smallest absolute Gasteiger partial charge is 0.277 e. The van der Waals surface area contributed by atoms with E-state index < -0.39 is 23.6 Å². The predicted molar refractivity (Wildman–Crippen MR) is 122 cm³/mol. The molecule has 1 aliphatic heterocycles. The summed E-state index contributed by atoms with van der Waals surface area (Å²) < 4.78 is 7.04. The van der Waals surface area contributed by atoms with Crippen molar-refractivity contribution in [2.75, 3.05) is 11.5 Å². The van der Waals surface area contributed by atoms with E-state index in [4.69, 9.17) is 17.0 Å². The molecule has 2 aromatic rings. The van der Waals surface area contributed by atoms with Gasteiger partial charge >= 0.3 is 0 Å². The molecule has 0 aliphatic carbocycles. The fraction of sp³-hybridized carbons (Fsp3) is 0.105. The lowest BCUT2D eigenvalue weighted by Crippen LogP contribution is -2.58. The molecule has 154 valence electrons. The van der Waals surface area contributed by atoms with E-state index in [-0.39, 0.29) is 11.7 Å². The second-order valence-electron chi connectivity index (χ2n) is 5.98. The minimum absolute atomic E-state index is 0.0242. The van der Waals surface area contributed by atoms with Crippen LogP contribution in [0, 0.1) is 5.92 Å². The Morgan fingerprint density at radius 2 is 1.73 bits per heavy atom. The number of carbonyl (C=O) groups is 3. The van der Waals surface area contributed by atoms with Crippen LogP contribution in [0.2, 0.25) is 0 Å². The van der Waals surface area contributed by atoms with Crippen LogP contribution in [0.5, 0.6) is 5.75 Å². The van der Waals surface area contributed by atoms with Crippen molar-refractivity contribution in [1.29, 1.82) is 0 Å². The van der Waals surface area contributed by atoms with E-state index in [2.05, 4.69) is 47.7 Å². The molecule has 0 saturated carbocycles. The lowest BCUT2D eigenvalue weighted by atomic mass is 10.1. The summed E-state index contributed by atoms with van der Waals surface area (Å²) in [5.74, 6) is -2.47. The molecule has 1 atom stereocenters. The fourth-order valence-electron chi connectivity index (χ4n) is 2.45. The summed E-state index contributed by atoms with van der Waals surface area (Å²) in [4.78, 5) is 38.0. The second-order valence-corrected chi connectivity index (χ2v) is 8.20. The van der Waals surface area contributed by atoms with Crippen molar-refractivity contribution in [3.8, 4) is 5.75 Å². The number of hydrazone groups is 1. The van der Waals surface area contributed by atoms with E-state index in [1.165, 1.54) is 4.90 Å². The number of nitrogens with zero attached hydrogens (tertiary/aromatic N) is 2. The highest BCUT2D eigenvalue weighted by Gasteiger charge is 2.38. The van der Waals surface area contributed by atoms with Crippen molar-refractivity contribution in [2.45, 2.75) is 0 Å². The molecule has 30 heavy (non-hydrogen) atoms. The van der Waals surface area contributed by atoms with Gasteiger partial charge in [0.05, 0.1) is 5.69 Å². The molecule has 2 aromatic carbocycles.